The Labute approximate surface area is 189 Å². The van der Waals surface area contributed by atoms with Crippen LogP contribution in [-0.4, -0.2) is 50.8 Å². The van der Waals surface area contributed by atoms with Crippen LogP contribution < -0.4 is 4.90 Å². The molecule has 1 saturated heterocycles. The molecule has 10 heteroatoms. The normalized spacial score (nSPS) is 23.6. The molecule has 1 aliphatic heterocycles. The summed E-state index contributed by atoms with van der Waals surface area (Å²) in [7, 11) is 0. The number of hydrogen-bond donors (Lipinski definition) is 0. The largest absolute Gasteiger partial charge is 0.391 e. The van der Waals surface area contributed by atoms with E-state index in [-0.39, 0.29) is 24.9 Å². The molecule has 0 bridgehead atoms. The number of rotatable bonds is 3. The van der Waals surface area contributed by atoms with Crippen molar-refractivity contribution in [3.8, 4) is 0 Å². The third kappa shape index (κ3) is 4.23. The number of alkyl halides is 3. The molecule has 0 amide bonds. The van der Waals surface area contributed by atoms with E-state index in [0.29, 0.717) is 42.5 Å². The van der Waals surface area contributed by atoms with E-state index >= 15 is 0 Å². The van der Waals surface area contributed by atoms with Gasteiger partial charge < -0.3 is 9.64 Å². The van der Waals surface area contributed by atoms with Crippen LogP contribution in [0.15, 0.2) is 18.3 Å². The molecule has 1 saturated carbocycles. The van der Waals surface area contributed by atoms with Gasteiger partial charge in [0.2, 0.25) is 5.95 Å². The molecule has 7 nitrogen and oxygen atoms in total. The van der Waals surface area contributed by atoms with Crippen molar-refractivity contribution in [3.63, 3.8) is 0 Å². The number of hydrogen-bond acceptors (Lipinski definition) is 7. The molecule has 4 heterocycles. The van der Waals surface area contributed by atoms with Crippen molar-refractivity contribution >= 4 is 17.1 Å². The Morgan fingerprint density at radius 3 is 2.52 bits per heavy atom. The van der Waals surface area contributed by atoms with Gasteiger partial charge in [-0.25, -0.2) is 15.0 Å². The lowest BCUT2D eigenvalue weighted by Gasteiger charge is -2.37. The first-order chi connectivity index (χ1) is 15.7. The molecule has 33 heavy (non-hydrogen) atoms. The number of fused-ring (bicyclic) bond motifs is 1. The summed E-state index contributed by atoms with van der Waals surface area (Å²) in [5.74, 6) is -1.14. The van der Waals surface area contributed by atoms with E-state index in [4.69, 9.17) is 9.72 Å². The molecule has 1 aliphatic carbocycles. The molecule has 1 atom stereocenters. The van der Waals surface area contributed by atoms with Gasteiger partial charge in [0.1, 0.15) is 11.6 Å². The average molecular weight is 458 g/mol. The van der Waals surface area contributed by atoms with E-state index in [1.807, 2.05) is 37.8 Å². The second kappa shape index (κ2) is 8.16. The van der Waals surface area contributed by atoms with Crippen molar-refractivity contribution < 1.29 is 17.9 Å². The molecule has 0 aromatic carbocycles. The number of halogens is 3. The van der Waals surface area contributed by atoms with E-state index in [1.165, 1.54) is 0 Å². The SMILES string of the molecule is Cc1cc([C@@H]2CN(c3nc4nc(C)c(C)nc4c([C@H]4C[C@@H](C(F)(F)F)C4)n3)CCO2)ccn1. The molecule has 2 fully saturated rings. The van der Waals surface area contributed by atoms with Crippen LogP contribution in [0.1, 0.15) is 53.2 Å². The highest BCUT2D eigenvalue weighted by atomic mass is 19.4. The van der Waals surface area contributed by atoms with Crippen molar-refractivity contribution in [2.75, 3.05) is 24.6 Å². The van der Waals surface area contributed by atoms with E-state index in [1.54, 1.807) is 6.20 Å². The molecule has 174 valence electrons. The Balaban J connectivity index is 1.50. The molecular formula is C23H25F3N6O. The number of nitrogens with zero attached hydrogens (tertiary/aromatic N) is 6. The van der Waals surface area contributed by atoms with Crippen LogP contribution in [0.25, 0.3) is 11.2 Å². The molecule has 3 aromatic rings. The minimum atomic E-state index is -4.18. The fourth-order valence-corrected chi connectivity index (χ4v) is 4.46. The third-order valence-electron chi connectivity index (χ3n) is 6.59. The lowest BCUT2D eigenvalue weighted by molar-refractivity contribution is -0.197. The maximum Gasteiger partial charge on any atom is 0.391 e. The summed E-state index contributed by atoms with van der Waals surface area (Å²) < 4.78 is 45.4. The second-order valence-corrected chi connectivity index (χ2v) is 8.92. The first-order valence-electron chi connectivity index (χ1n) is 11.1. The smallest absolute Gasteiger partial charge is 0.370 e. The van der Waals surface area contributed by atoms with Gasteiger partial charge >= 0.3 is 6.18 Å². The Bertz CT molecular complexity index is 1190. The molecule has 5 rings (SSSR count). The van der Waals surface area contributed by atoms with Crippen molar-refractivity contribution in [2.45, 2.75) is 51.8 Å². The Morgan fingerprint density at radius 1 is 1.03 bits per heavy atom. The number of aryl methyl sites for hydroxylation is 3. The average Bonchev–Trinajstić information content (AvgIpc) is 2.73. The first kappa shape index (κ1) is 21.9. The molecule has 0 radical (unpaired) electrons. The maximum absolute atomic E-state index is 13.1. The fraction of sp³-hybridized carbons (Fsp3) is 0.522. The lowest BCUT2D eigenvalue weighted by Crippen LogP contribution is -2.40. The first-order valence-corrected chi connectivity index (χ1v) is 11.1. The van der Waals surface area contributed by atoms with Crippen LogP contribution >= 0.6 is 0 Å². The third-order valence-corrected chi connectivity index (χ3v) is 6.59. The van der Waals surface area contributed by atoms with E-state index in [0.717, 1.165) is 22.6 Å². The summed E-state index contributed by atoms with van der Waals surface area (Å²) in [5.41, 5.74) is 4.89. The van der Waals surface area contributed by atoms with Gasteiger partial charge in [-0.15, -0.1) is 0 Å². The number of aromatic nitrogens is 5. The molecule has 0 unspecified atom stereocenters. The van der Waals surface area contributed by atoms with Crippen LogP contribution in [0, 0.1) is 26.7 Å². The van der Waals surface area contributed by atoms with Crippen molar-refractivity contribution in [1.29, 1.82) is 0 Å². The van der Waals surface area contributed by atoms with Gasteiger partial charge in [0.25, 0.3) is 0 Å². The van der Waals surface area contributed by atoms with Crippen LogP contribution in [0.5, 0.6) is 0 Å². The van der Waals surface area contributed by atoms with E-state index in [2.05, 4.69) is 19.9 Å². The van der Waals surface area contributed by atoms with E-state index < -0.39 is 12.1 Å². The Kier molecular flexibility index (Phi) is 5.43. The summed E-state index contributed by atoms with van der Waals surface area (Å²) in [5, 5.41) is 0. The van der Waals surface area contributed by atoms with Crippen LogP contribution in [-0.2, 0) is 4.74 Å². The van der Waals surface area contributed by atoms with Gasteiger partial charge in [0.15, 0.2) is 5.65 Å². The molecular weight excluding hydrogens is 433 g/mol. The highest BCUT2D eigenvalue weighted by Crippen LogP contribution is 2.50. The van der Waals surface area contributed by atoms with Crippen LogP contribution in [0.2, 0.25) is 0 Å². The van der Waals surface area contributed by atoms with Gasteiger partial charge in [0.05, 0.1) is 36.2 Å². The fourth-order valence-electron chi connectivity index (χ4n) is 4.46. The summed E-state index contributed by atoms with van der Waals surface area (Å²) in [4.78, 5) is 24.9. The summed E-state index contributed by atoms with van der Waals surface area (Å²) in [6.45, 7) is 7.21. The minimum absolute atomic E-state index is 0.0195. The van der Waals surface area contributed by atoms with Crippen molar-refractivity contribution in [2.24, 2.45) is 5.92 Å². The predicted octanol–water partition coefficient (Wildman–Crippen LogP) is 4.37. The standard InChI is InChI=1S/C23H25F3N6O/c1-12-8-15(4-5-27-12)18-11-32(6-7-33-18)22-30-19(16-9-17(10-16)23(24,25)26)20-21(31-22)29-14(3)13(2)28-20/h4-5,8,16-18H,6-7,9-11H2,1-3H3/t16-,17+,18-/m0/s1. The highest BCUT2D eigenvalue weighted by Gasteiger charge is 2.49. The van der Waals surface area contributed by atoms with Gasteiger partial charge in [-0.05, 0) is 51.3 Å². The molecule has 2 aliphatic rings. The zero-order chi connectivity index (χ0) is 23.3. The minimum Gasteiger partial charge on any atom is -0.370 e. The number of ether oxygens (including phenoxy) is 1. The number of anilines is 1. The van der Waals surface area contributed by atoms with Crippen molar-refractivity contribution in [3.05, 3.63) is 46.7 Å². The summed E-state index contributed by atoms with van der Waals surface area (Å²) in [6, 6.07) is 3.92. The van der Waals surface area contributed by atoms with E-state index in [9.17, 15) is 13.2 Å². The highest BCUT2D eigenvalue weighted by molar-refractivity contribution is 5.75. The lowest BCUT2D eigenvalue weighted by atomic mass is 9.72. The second-order valence-electron chi connectivity index (χ2n) is 8.92. The predicted molar refractivity (Wildman–Crippen MR) is 116 cm³/mol. The van der Waals surface area contributed by atoms with Gasteiger partial charge in [0, 0.05) is 24.4 Å². The van der Waals surface area contributed by atoms with Crippen LogP contribution in [0.3, 0.4) is 0 Å². The molecule has 0 N–H and O–H groups in total. The monoisotopic (exact) mass is 458 g/mol. The zero-order valence-corrected chi connectivity index (χ0v) is 18.7. The van der Waals surface area contributed by atoms with Gasteiger partial charge in [-0.2, -0.15) is 18.2 Å². The zero-order valence-electron chi connectivity index (χ0n) is 18.7. The summed E-state index contributed by atoms with van der Waals surface area (Å²) in [6.07, 6.45) is -2.56. The molecule has 0 spiro atoms. The molecule has 3 aromatic heterocycles. The summed E-state index contributed by atoms with van der Waals surface area (Å²) >= 11 is 0. The quantitative estimate of drug-likeness (QED) is 0.577. The Hall–Kier alpha value is -2.88. The van der Waals surface area contributed by atoms with Gasteiger partial charge in [-0.3, -0.25) is 4.98 Å². The van der Waals surface area contributed by atoms with Crippen LogP contribution in [0.4, 0.5) is 19.1 Å². The number of pyridine rings is 1. The topological polar surface area (TPSA) is 76.9 Å². The van der Waals surface area contributed by atoms with Gasteiger partial charge in [-0.1, -0.05) is 0 Å². The number of morpholine rings is 1. The van der Waals surface area contributed by atoms with Crippen molar-refractivity contribution in [1.82, 2.24) is 24.9 Å². The maximum atomic E-state index is 13.1. The Morgan fingerprint density at radius 2 is 1.79 bits per heavy atom.